The van der Waals surface area contributed by atoms with Gasteiger partial charge in [0.15, 0.2) is 0 Å². The molecule has 0 unspecified atom stereocenters. The molecular formula is C18H15N3O. The summed E-state index contributed by atoms with van der Waals surface area (Å²) < 4.78 is 0. The van der Waals surface area contributed by atoms with Crippen molar-refractivity contribution in [1.82, 2.24) is 10.4 Å². The average Bonchev–Trinajstić information content (AvgIpc) is 2.56. The number of hydrogen-bond donors (Lipinski definition) is 1. The highest BCUT2D eigenvalue weighted by Gasteiger charge is 2.02. The Morgan fingerprint density at radius 2 is 1.86 bits per heavy atom. The monoisotopic (exact) mass is 289 g/mol. The number of rotatable bonds is 4. The maximum Gasteiger partial charge on any atom is 0.244 e. The summed E-state index contributed by atoms with van der Waals surface area (Å²) in [5.41, 5.74) is 5.25. The van der Waals surface area contributed by atoms with E-state index in [2.05, 4.69) is 15.5 Å². The third-order valence-corrected chi connectivity index (χ3v) is 3.26. The predicted octanol–water partition coefficient (Wildman–Crippen LogP) is 2.93. The van der Waals surface area contributed by atoms with Crippen molar-refractivity contribution in [3.05, 3.63) is 78.0 Å². The van der Waals surface area contributed by atoms with Gasteiger partial charge >= 0.3 is 0 Å². The molecule has 1 amide bonds. The number of fused-ring (bicyclic) bond motifs is 1. The second-order valence-corrected chi connectivity index (χ2v) is 4.88. The van der Waals surface area contributed by atoms with Crippen molar-refractivity contribution >= 4 is 23.0 Å². The molecule has 1 heterocycles. The van der Waals surface area contributed by atoms with Gasteiger partial charge < -0.3 is 0 Å². The van der Waals surface area contributed by atoms with E-state index in [0.717, 1.165) is 22.0 Å². The maximum absolute atomic E-state index is 11.8. The number of amides is 1. The lowest BCUT2D eigenvalue weighted by Gasteiger charge is -2.01. The molecule has 0 atom stereocenters. The molecule has 0 saturated heterocycles. The molecule has 0 aliphatic carbocycles. The van der Waals surface area contributed by atoms with E-state index in [4.69, 9.17) is 0 Å². The lowest BCUT2D eigenvalue weighted by molar-refractivity contribution is -0.120. The van der Waals surface area contributed by atoms with E-state index in [1.165, 1.54) is 0 Å². The Kier molecular flexibility index (Phi) is 4.20. The molecule has 4 heteroatoms. The fourth-order valence-corrected chi connectivity index (χ4v) is 2.23. The van der Waals surface area contributed by atoms with E-state index in [1.54, 1.807) is 12.4 Å². The van der Waals surface area contributed by atoms with Crippen molar-refractivity contribution in [2.24, 2.45) is 5.10 Å². The second kappa shape index (κ2) is 6.63. The molecule has 0 spiro atoms. The maximum atomic E-state index is 11.8. The zero-order chi connectivity index (χ0) is 15.2. The van der Waals surface area contributed by atoms with Gasteiger partial charge in [-0.1, -0.05) is 54.6 Å². The second-order valence-electron chi connectivity index (χ2n) is 4.88. The van der Waals surface area contributed by atoms with Crippen LogP contribution >= 0.6 is 0 Å². The summed E-state index contributed by atoms with van der Waals surface area (Å²) in [5, 5.41) is 5.07. The third-order valence-electron chi connectivity index (χ3n) is 3.26. The standard InChI is InChI=1S/C18H15N3O/c22-17(12-14-6-2-1-3-7-14)21-20-13-16-9-4-8-15-10-5-11-19-18(15)16/h1-11,13H,12H2,(H,21,22)/b20-13+. The van der Waals surface area contributed by atoms with Crippen molar-refractivity contribution in [3.63, 3.8) is 0 Å². The van der Waals surface area contributed by atoms with E-state index in [-0.39, 0.29) is 5.91 Å². The number of nitrogens with zero attached hydrogens (tertiary/aromatic N) is 2. The van der Waals surface area contributed by atoms with Crippen LogP contribution in [-0.2, 0) is 11.2 Å². The molecule has 0 fully saturated rings. The van der Waals surface area contributed by atoms with Gasteiger partial charge in [-0.2, -0.15) is 5.10 Å². The van der Waals surface area contributed by atoms with Gasteiger partial charge in [-0.25, -0.2) is 5.43 Å². The average molecular weight is 289 g/mol. The van der Waals surface area contributed by atoms with Gasteiger partial charge in [0.25, 0.3) is 0 Å². The molecule has 0 aliphatic heterocycles. The molecule has 0 bridgehead atoms. The molecule has 108 valence electrons. The van der Waals surface area contributed by atoms with Crippen LogP contribution in [0.5, 0.6) is 0 Å². The highest BCUT2D eigenvalue weighted by Crippen LogP contribution is 2.13. The molecule has 1 aromatic heterocycles. The number of hydrazone groups is 1. The number of nitrogens with one attached hydrogen (secondary N) is 1. The summed E-state index contributed by atoms with van der Waals surface area (Å²) in [5.74, 6) is -0.143. The van der Waals surface area contributed by atoms with Gasteiger partial charge in [-0.15, -0.1) is 0 Å². The first kappa shape index (κ1) is 13.9. The van der Waals surface area contributed by atoms with E-state index in [0.29, 0.717) is 6.42 Å². The van der Waals surface area contributed by atoms with Crippen LogP contribution in [-0.4, -0.2) is 17.1 Å². The molecule has 22 heavy (non-hydrogen) atoms. The molecular weight excluding hydrogens is 274 g/mol. The highest BCUT2D eigenvalue weighted by atomic mass is 16.2. The van der Waals surface area contributed by atoms with Gasteiger partial charge in [0.2, 0.25) is 5.91 Å². The van der Waals surface area contributed by atoms with Gasteiger partial charge in [-0.3, -0.25) is 9.78 Å². The molecule has 4 nitrogen and oxygen atoms in total. The number of benzene rings is 2. The minimum atomic E-state index is -0.143. The minimum absolute atomic E-state index is 0.143. The molecule has 0 radical (unpaired) electrons. The number of carbonyl (C=O) groups is 1. The Morgan fingerprint density at radius 3 is 2.73 bits per heavy atom. The van der Waals surface area contributed by atoms with Crippen molar-refractivity contribution < 1.29 is 4.79 Å². The summed E-state index contributed by atoms with van der Waals surface area (Å²) in [6.45, 7) is 0. The quantitative estimate of drug-likeness (QED) is 0.593. The van der Waals surface area contributed by atoms with Crippen molar-refractivity contribution in [1.29, 1.82) is 0 Å². The molecule has 0 saturated carbocycles. The highest BCUT2D eigenvalue weighted by molar-refractivity contribution is 5.97. The topological polar surface area (TPSA) is 54.4 Å². The number of pyridine rings is 1. The van der Waals surface area contributed by atoms with Crippen LogP contribution in [0, 0.1) is 0 Å². The first-order valence-electron chi connectivity index (χ1n) is 7.02. The van der Waals surface area contributed by atoms with Crippen LogP contribution in [0.3, 0.4) is 0 Å². The molecule has 0 aliphatic rings. The minimum Gasteiger partial charge on any atom is -0.273 e. The van der Waals surface area contributed by atoms with Crippen molar-refractivity contribution in [2.75, 3.05) is 0 Å². The summed E-state index contributed by atoms with van der Waals surface area (Å²) >= 11 is 0. The Bertz CT molecular complexity index is 807. The lowest BCUT2D eigenvalue weighted by Crippen LogP contribution is -2.19. The van der Waals surface area contributed by atoms with Crippen LogP contribution in [0.25, 0.3) is 10.9 Å². The van der Waals surface area contributed by atoms with Crippen LogP contribution in [0.1, 0.15) is 11.1 Å². The van der Waals surface area contributed by atoms with Gasteiger partial charge in [0, 0.05) is 17.1 Å². The van der Waals surface area contributed by atoms with E-state index < -0.39 is 0 Å². The summed E-state index contributed by atoms with van der Waals surface area (Å²) in [6.07, 6.45) is 3.68. The number of para-hydroxylation sites is 1. The molecule has 3 rings (SSSR count). The van der Waals surface area contributed by atoms with Crippen molar-refractivity contribution in [3.8, 4) is 0 Å². The van der Waals surface area contributed by atoms with E-state index in [1.807, 2.05) is 60.7 Å². The van der Waals surface area contributed by atoms with Gasteiger partial charge in [-0.05, 0) is 11.6 Å². The Labute approximate surface area is 128 Å². The number of hydrogen-bond acceptors (Lipinski definition) is 3. The fourth-order valence-electron chi connectivity index (χ4n) is 2.23. The smallest absolute Gasteiger partial charge is 0.244 e. The Balaban J connectivity index is 1.67. The van der Waals surface area contributed by atoms with Gasteiger partial charge in [0.05, 0.1) is 18.2 Å². The van der Waals surface area contributed by atoms with Crippen molar-refractivity contribution in [2.45, 2.75) is 6.42 Å². The SMILES string of the molecule is O=C(Cc1ccccc1)N/N=C/c1cccc2cccnc12. The first-order chi connectivity index (χ1) is 10.8. The summed E-state index contributed by atoms with van der Waals surface area (Å²) in [7, 11) is 0. The number of aromatic nitrogens is 1. The molecule has 3 aromatic rings. The van der Waals surface area contributed by atoms with E-state index in [9.17, 15) is 4.79 Å². The lowest BCUT2D eigenvalue weighted by atomic mass is 10.1. The molecule has 2 aromatic carbocycles. The molecule has 1 N–H and O–H groups in total. The fraction of sp³-hybridized carbons (Fsp3) is 0.0556. The zero-order valence-corrected chi connectivity index (χ0v) is 11.9. The Morgan fingerprint density at radius 1 is 1.05 bits per heavy atom. The van der Waals surface area contributed by atoms with Crippen LogP contribution in [0.2, 0.25) is 0 Å². The zero-order valence-electron chi connectivity index (χ0n) is 11.9. The summed E-state index contributed by atoms with van der Waals surface area (Å²) in [4.78, 5) is 16.2. The van der Waals surface area contributed by atoms with E-state index >= 15 is 0 Å². The largest absolute Gasteiger partial charge is 0.273 e. The number of carbonyl (C=O) groups excluding carboxylic acids is 1. The van der Waals surface area contributed by atoms with Gasteiger partial charge in [0.1, 0.15) is 0 Å². The van der Waals surface area contributed by atoms with Crippen LogP contribution in [0.15, 0.2) is 72.0 Å². The van der Waals surface area contributed by atoms with Crippen LogP contribution in [0.4, 0.5) is 0 Å². The van der Waals surface area contributed by atoms with Crippen LogP contribution < -0.4 is 5.43 Å². The summed E-state index contributed by atoms with van der Waals surface area (Å²) in [6, 6.07) is 19.3. The predicted molar refractivity (Wildman–Crippen MR) is 87.6 cm³/mol. The first-order valence-corrected chi connectivity index (χ1v) is 7.02. The third kappa shape index (κ3) is 3.35. The normalized spacial score (nSPS) is 10.9. The Hall–Kier alpha value is -3.01.